The van der Waals surface area contributed by atoms with E-state index < -0.39 is 0 Å². The van der Waals surface area contributed by atoms with Gasteiger partial charge in [-0.2, -0.15) is 5.10 Å². The van der Waals surface area contributed by atoms with Gasteiger partial charge in [0, 0.05) is 19.2 Å². The van der Waals surface area contributed by atoms with Crippen LogP contribution in [0.15, 0.2) is 12.3 Å². The van der Waals surface area contributed by atoms with Crippen LogP contribution in [0.25, 0.3) is 0 Å². The van der Waals surface area contributed by atoms with Crippen LogP contribution >= 0.6 is 0 Å². The summed E-state index contributed by atoms with van der Waals surface area (Å²) < 4.78 is 5.46. The van der Waals surface area contributed by atoms with Crippen molar-refractivity contribution in [1.29, 1.82) is 0 Å². The van der Waals surface area contributed by atoms with Gasteiger partial charge >= 0.3 is 0 Å². The molecular formula is C11H17N3O2. The van der Waals surface area contributed by atoms with Gasteiger partial charge in [0.15, 0.2) is 0 Å². The van der Waals surface area contributed by atoms with Gasteiger partial charge < -0.3 is 10.1 Å². The highest BCUT2D eigenvalue weighted by molar-refractivity contribution is 5.75. The van der Waals surface area contributed by atoms with Crippen molar-refractivity contribution in [2.75, 3.05) is 6.61 Å². The van der Waals surface area contributed by atoms with Crippen molar-refractivity contribution in [2.24, 2.45) is 0 Å². The Labute approximate surface area is 94.6 Å². The molecule has 2 heterocycles. The summed E-state index contributed by atoms with van der Waals surface area (Å²) in [4.78, 5) is 11.5. The first-order valence-corrected chi connectivity index (χ1v) is 5.71. The fraction of sp³-hybridized carbons (Fsp3) is 0.636. The van der Waals surface area contributed by atoms with Crippen LogP contribution in [0.2, 0.25) is 0 Å². The molecule has 0 radical (unpaired) electrons. The summed E-state index contributed by atoms with van der Waals surface area (Å²) in [6.07, 6.45) is 5.55. The van der Waals surface area contributed by atoms with Crippen LogP contribution in [0.3, 0.4) is 0 Å². The summed E-state index contributed by atoms with van der Waals surface area (Å²) in [5.74, 6) is 0.0742. The van der Waals surface area contributed by atoms with Crippen LogP contribution in [0, 0.1) is 0 Å². The summed E-state index contributed by atoms with van der Waals surface area (Å²) in [7, 11) is 0. The molecule has 1 aromatic heterocycles. The number of hydrogen-bond acceptors (Lipinski definition) is 3. The molecule has 0 aromatic carbocycles. The zero-order valence-corrected chi connectivity index (χ0v) is 9.24. The van der Waals surface area contributed by atoms with Crippen molar-refractivity contribution in [2.45, 2.75) is 38.3 Å². The molecule has 5 nitrogen and oxygen atoms in total. The predicted molar refractivity (Wildman–Crippen MR) is 58.6 cm³/mol. The van der Waals surface area contributed by atoms with E-state index in [1.165, 1.54) is 0 Å². The molecule has 88 valence electrons. The van der Waals surface area contributed by atoms with Crippen LogP contribution < -0.4 is 5.32 Å². The number of aromatic nitrogens is 2. The van der Waals surface area contributed by atoms with Crippen LogP contribution in [0.5, 0.6) is 0 Å². The number of aromatic amines is 1. The maximum atomic E-state index is 11.5. The highest BCUT2D eigenvalue weighted by atomic mass is 16.5. The van der Waals surface area contributed by atoms with Crippen LogP contribution in [0.4, 0.5) is 0 Å². The number of ether oxygens (including phenoxy) is 1. The number of nitrogens with one attached hydrogen (secondary N) is 2. The van der Waals surface area contributed by atoms with Gasteiger partial charge in [-0.1, -0.05) is 0 Å². The van der Waals surface area contributed by atoms with Crippen LogP contribution in [-0.4, -0.2) is 28.8 Å². The summed E-state index contributed by atoms with van der Waals surface area (Å²) >= 11 is 0. The lowest BCUT2D eigenvalue weighted by atomic mass is 10.1. The third kappa shape index (κ3) is 3.34. The van der Waals surface area contributed by atoms with Crippen molar-refractivity contribution in [3.05, 3.63) is 18.0 Å². The van der Waals surface area contributed by atoms with Crippen LogP contribution in [-0.2, 0) is 16.1 Å². The molecule has 0 spiro atoms. The predicted octanol–water partition coefficient (Wildman–Crippen LogP) is 0.985. The summed E-state index contributed by atoms with van der Waals surface area (Å²) in [6.45, 7) is 1.37. The highest BCUT2D eigenvalue weighted by Crippen LogP contribution is 2.16. The average molecular weight is 223 g/mol. The van der Waals surface area contributed by atoms with E-state index in [0.717, 1.165) is 31.6 Å². The van der Waals surface area contributed by atoms with Gasteiger partial charge in [-0.3, -0.25) is 9.89 Å². The molecule has 0 saturated carbocycles. The molecular weight excluding hydrogens is 206 g/mol. The lowest BCUT2D eigenvalue weighted by Crippen LogP contribution is -2.24. The van der Waals surface area contributed by atoms with Crippen molar-refractivity contribution < 1.29 is 9.53 Å². The number of carbonyl (C=O) groups excluding carboxylic acids is 1. The van der Waals surface area contributed by atoms with Gasteiger partial charge in [-0.15, -0.1) is 0 Å². The summed E-state index contributed by atoms with van der Waals surface area (Å²) in [5.41, 5.74) is 0.922. The molecule has 1 aromatic rings. The van der Waals surface area contributed by atoms with Gasteiger partial charge in [-0.05, 0) is 25.3 Å². The Morgan fingerprint density at radius 1 is 1.69 bits per heavy atom. The summed E-state index contributed by atoms with van der Waals surface area (Å²) in [5, 5.41) is 9.46. The third-order valence-corrected chi connectivity index (χ3v) is 2.75. The monoisotopic (exact) mass is 223 g/mol. The first-order valence-electron chi connectivity index (χ1n) is 5.71. The van der Waals surface area contributed by atoms with E-state index in [1.807, 2.05) is 6.07 Å². The fourth-order valence-electron chi connectivity index (χ4n) is 1.83. The van der Waals surface area contributed by atoms with Gasteiger partial charge in [0.05, 0.1) is 18.3 Å². The van der Waals surface area contributed by atoms with E-state index in [9.17, 15) is 4.79 Å². The number of carbonyl (C=O) groups is 1. The molecule has 2 N–H and O–H groups in total. The molecule has 0 aliphatic carbocycles. The molecule has 1 aliphatic heterocycles. The fourth-order valence-corrected chi connectivity index (χ4v) is 1.83. The molecule has 1 unspecified atom stereocenters. The SMILES string of the molecule is O=C(CCC1CCCO1)NCc1ccn[nH]1. The van der Waals surface area contributed by atoms with E-state index in [1.54, 1.807) is 6.20 Å². The molecule has 1 amide bonds. The van der Waals surface area contributed by atoms with Crippen molar-refractivity contribution >= 4 is 5.91 Å². The van der Waals surface area contributed by atoms with Gasteiger partial charge in [-0.25, -0.2) is 0 Å². The lowest BCUT2D eigenvalue weighted by molar-refractivity contribution is -0.121. The Balaban J connectivity index is 1.60. The summed E-state index contributed by atoms with van der Waals surface area (Å²) in [6, 6.07) is 1.85. The Morgan fingerprint density at radius 3 is 3.31 bits per heavy atom. The maximum absolute atomic E-state index is 11.5. The largest absolute Gasteiger partial charge is 0.378 e. The second-order valence-corrected chi connectivity index (χ2v) is 4.03. The number of amides is 1. The Bertz CT molecular complexity index is 318. The van der Waals surface area contributed by atoms with Crippen molar-refractivity contribution in [1.82, 2.24) is 15.5 Å². The van der Waals surface area contributed by atoms with Crippen LogP contribution in [0.1, 0.15) is 31.4 Å². The first kappa shape index (κ1) is 11.1. The van der Waals surface area contributed by atoms with E-state index in [0.29, 0.717) is 13.0 Å². The second-order valence-electron chi connectivity index (χ2n) is 4.03. The Hall–Kier alpha value is -1.36. The molecule has 0 bridgehead atoms. The highest BCUT2D eigenvalue weighted by Gasteiger charge is 2.16. The van der Waals surface area contributed by atoms with E-state index in [-0.39, 0.29) is 12.0 Å². The minimum atomic E-state index is 0.0742. The van der Waals surface area contributed by atoms with Gasteiger partial charge in [0.2, 0.25) is 5.91 Å². The molecule has 1 aliphatic rings. The molecule has 2 rings (SSSR count). The topological polar surface area (TPSA) is 67.0 Å². The van der Waals surface area contributed by atoms with E-state index in [2.05, 4.69) is 15.5 Å². The molecule has 5 heteroatoms. The zero-order valence-electron chi connectivity index (χ0n) is 9.24. The Kier molecular flexibility index (Phi) is 3.93. The second kappa shape index (κ2) is 5.65. The molecule has 1 atom stereocenters. The number of hydrogen-bond donors (Lipinski definition) is 2. The average Bonchev–Trinajstić information content (AvgIpc) is 2.96. The standard InChI is InChI=1S/C11H17N3O2/c15-11(4-3-10-2-1-7-16-10)12-8-9-5-6-13-14-9/h5-6,10H,1-4,7-8H2,(H,12,15)(H,13,14). The van der Waals surface area contributed by atoms with Gasteiger partial charge in [0.1, 0.15) is 0 Å². The van der Waals surface area contributed by atoms with Crippen molar-refractivity contribution in [3.8, 4) is 0 Å². The third-order valence-electron chi connectivity index (χ3n) is 2.75. The number of H-pyrrole nitrogens is 1. The van der Waals surface area contributed by atoms with Crippen molar-refractivity contribution in [3.63, 3.8) is 0 Å². The minimum absolute atomic E-state index is 0.0742. The van der Waals surface area contributed by atoms with Gasteiger partial charge in [0.25, 0.3) is 0 Å². The molecule has 1 saturated heterocycles. The minimum Gasteiger partial charge on any atom is -0.378 e. The van der Waals surface area contributed by atoms with E-state index >= 15 is 0 Å². The Morgan fingerprint density at radius 2 is 2.62 bits per heavy atom. The van der Waals surface area contributed by atoms with E-state index in [4.69, 9.17) is 4.74 Å². The molecule has 16 heavy (non-hydrogen) atoms. The quantitative estimate of drug-likeness (QED) is 0.782. The zero-order chi connectivity index (χ0) is 11.2. The molecule has 1 fully saturated rings. The lowest BCUT2D eigenvalue weighted by Gasteiger charge is -2.08. The smallest absolute Gasteiger partial charge is 0.220 e. The maximum Gasteiger partial charge on any atom is 0.220 e. The number of rotatable bonds is 5. The normalized spacial score (nSPS) is 19.9. The first-order chi connectivity index (χ1) is 7.84. The number of nitrogens with zero attached hydrogens (tertiary/aromatic N) is 1.